The lowest BCUT2D eigenvalue weighted by Crippen LogP contribution is -2.24. The van der Waals surface area contributed by atoms with Gasteiger partial charge in [0, 0.05) is 30.0 Å². The van der Waals surface area contributed by atoms with Gasteiger partial charge in [-0.2, -0.15) is 0 Å². The van der Waals surface area contributed by atoms with Crippen LogP contribution in [0.4, 0.5) is 0 Å². The molecule has 146 valence electrons. The van der Waals surface area contributed by atoms with Crippen molar-refractivity contribution >= 4 is 16.9 Å². The maximum atomic E-state index is 12.4. The Hall–Kier alpha value is -3.28. The molecule has 6 nitrogen and oxygen atoms in total. The number of hydrogen-bond donors (Lipinski definition) is 1. The van der Waals surface area contributed by atoms with E-state index < -0.39 is 5.63 Å². The number of carbonyl (C=O) groups is 1. The third-order valence-electron chi connectivity index (χ3n) is 4.75. The van der Waals surface area contributed by atoms with Crippen LogP contribution in [0.3, 0.4) is 0 Å². The summed E-state index contributed by atoms with van der Waals surface area (Å²) in [4.78, 5) is 24.6. The molecule has 0 aliphatic heterocycles. The van der Waals surface area contributed by atoms with Gasteiger partial charge in [-0.25, -0.2) is 4.79 Å². The molecular weight excluding hydrogens is 358 g/mol. The van der Waals surface area contributed by atoms with Gasteiger partial charge in [-0.15, -0.1) is 0 Å². The highest BCUT2D eigenvalue weighted by atomic mass is 16.5. The van der Waals surface area contributed by atoms with Gasteiger partial charge in [0.25, 0.3) is 0 Å². The second kappa shape index (κ2) is 8.61. The Morgan fingerprint density at radius 1 is 1.04 bits per heavy atom. The molecular formula is C22H23NO5. The summed E-state index contributed by atoms with van der Waals surface area (Å²) < 4.78 is 15.7. The van der Waals surface area contributed by atoms with Gasteiger partial charge >= 0.3 is 5.63 Å². The van der Waals surface area contributed by atoms with Crippen LogP contribution < -0.4 is 20.4 Å². The largest absolute Gasteiger partial charge is 0.497 e. The zero-order valence-corrected chi connectivity index (χ0v) is 16.2. The molecule has 3 aromatic rings. The van der Waals surface area contributed by atoms with Gasteiger partial charge < -0.3 is 19.2 Å². The number of hydrogen-bond acceptors (Lipinski definition) is 5. The first-order valence-electron chi connectivity index (χ1n) is 9.01. The van der Waals surface area contributed by atoms with Gasteiger partial charge in [-0.05, 0) is 48.7 Å². The maximum absolute atomic E-state index is 12.4. The second-order valence-electron chi connectivity index (χ2n) is 6.48. The summed E-state index contributed by atoms with van der Waals surface area (Å²) in [6.45, 7) is 2.30. The lowest BCUT2D eigenvalue weighted by molar-refractivity contribution is -0.121. The molecule has 0 spiro atoms. The minimum Gasteiger partial charge on any atom is -0.497 e. The Morgan fingerprint density at radius 3 is 2.39 bits per heavy atom. The normalized spacial score (nSPS) is 10.7. The average molecular weight is 381 g/mol. The number of nitrogens with one attached hydrogen (secondary N) is 1. The van der Waals surface area contributed by atoms with Crippen molar-refractivity contribution in [3.63, 3.8) is 0 Å². The molecule has 0 radical (unpaired) electrons. The van der Waals surface area contributed by atoms with Crippen LogP contribution in [0.1, 0.15) is 23.1 Å². The number of rotatable bonds is 7. The highest BCUT2D eigenvalue weighted by molar-refractivity contribution is 5.82. The van der Waals surface area contributed by atoms with E-state index in [0.29, 0.717) is 29.9 Å². The van der Waals surface area contributed by atoms with Crippen LogP contribution in [0.15, 0.2) is 51.7 Å². The van der Waals surface area contributed by atoms with E-state index in [4.69, 9.17) is 13.9 Å². The zero-order valence-electron chi connectivity index (χ0n) is 16.2. The van der Waals surface area contributed by atoms with Crippen LogP contribution in [0.2, 0.25) is 0 Å². The van der Waals surface area contributed by atoms with Crippen molar-refractivity contribution in [3.05, 3.63) is 69.6 Å². The second-order valence-corrected chi connectivity index (χ2v) is 6.48. The average Bonchev–Trinajstić information content (AvgIpc) is 2.71. The van der Waals surface area contributed by atoms with Crippen LogP contribution in [0, 0.1) is 6.92 Å². The van der Waals surface area contributed by atoms with E-state index in [1.807, 2.05) is 43.3 Å². The number of ether oxygens (including phenoxy) is 2. The fraction of sp³-hybridized carbons (Fsp3) is 0.273. The van der Waals surface area contributed by atoms with Gasteiger partial charge in [0.15, 0.2) is 0 Å². The summed E-state index contributed by atoms with van der Waals surface area (Å²) in [5.74, 6) is 1.27. The number of amides is 1. The maximum Gasteiger partial charge on any atom is 0.339 e. The molecule has 1 aromatic heterocycles. The van der Waals surface area contributed by atoms with Crippen LogP contribution in [-0.4, -0.2) is 20.1 Å². The molecule has 0 fully saturated rings. The Bertz CT molecular complexity index is 1040. The molecule has 3 rings (SSSR count). The van der Waals surface area contributed by atoms with Crippen LogP contribution in [0.25, 0.3) is 11.0 Å². The first-order chi connectivity index (χ1) is 13.5. The third kappa shape index (κ3) is 4.34. The van der Waals surface area contributed by atoms with Crippen molar-refractivity contribution in [1.82, 2.24) is 5.32 Å². The number of methoxy groups -OCH3 is 2. The van der Waals surface area contributed by atoms with E-state index in [2.05, 4.69) is 5.32 Å². The highest BCUT2D eigenvalue weighted by Gasteiger charge is 2.13. The molecule has 1 amide bonds. The first-order valence-corrected chi connectivity index (χ1v) is 9.01. The van der Waals surface area contributed by atoms with Gasteiger partial charge in [0.1, 0.15) is 17.1 Å². The van der Waals surface area contributed by atoms with E-state index in [9.17, 15) is 9.59 Å². The summed E-state index contributed by atoms with van der Waals surface area (Å²) in [5, 5.41) is 3.71. The van der Waals surface area contributed by atoms with Crippen molar-refractivity contribution < 1.29 is 18.7 Å². The lowest BCUT2D eigenvalue weighted by atomic mass is 10.0. The van der Waals surface area contributed by atoms with Gasteiger partial charge in [0.2, 0.25) is 5.91 Å². The molecule has 0 aliphatic carbocycles. The Morgan fingerprint density at radius 2 is 1.71 bits per heavy atom. The van der Waals surface area contributed by atoms with Crippen molar-refractivity contribution in [3.8, 4) is 11.5 Å². The topological polar surface area (TPSA) is 77.8 Å². The number of benzene rings is 2. The predicted octanol–water partition coefficient (Wildman–Crippen LogP) is 3.37. The molecule has 0 atom stereocenters. The summed E-state index contributed by atoms with van der Waals surface area (Å²) in [6, 6.07) is 12.9. The van der Waals surface area contributed by atoms with Crippen LogP contribution in [0.5, 0.6) is 11.5 Å². The third-order valence-corrected chi connectivity index (χ3v) is 4.75. The molecule has 2 aromatic carbocycles. The number of carbonyl (C=O) groups excluding carboxylic acids is 1. The summed E-state index contributed by atoms with van der Waals surface area (Å²) in [6.07, 6.45) is 0.536. The molecule has 0 aliphatic rings. The number of aryl methyl sites for hydroxylation is 1. The Balaban J connectivity index is 1.65. The van der Waals surface area contributed by atoms with Crippen molar-refractivity contribution in [2.75, 3.05) is 14.2 Å². The molecule has 0 saturated heterocycles. The molecule has 0 unspecified atom stereocenters. The fourth-order valence-corrected chi connectivity index (χ4v) is 3.06. The lowest BCUT2D eigenvalue weighted by Gasteiger charge is -2.09. The highest BCUT2D eigenvalue weighted by Crippen LogP contribution is 2.24. The minimum absolute atomic E-state index is 0.121. The molecule has 0 saturated carbocycles. The van der Waals surface area contributed by atoms with Gasteiger partial charge in [-0.1, -0.05) is 12.1 Å². The fourth-order valence-electron chi connectivity index (χ4n) is 3.06. The predicted molar refractivity (Wildman–Crippen MR) is 107 cm³/mol. The van der Waals surface area contributed by atoms with Gasteiger partial charge in [-0.3, -0.25) is 4.79 Å². The summed E-state index contributed by atoms with van der Waals surface area (Å²) in [7, 11) is 3.17. The van der Waals surface area contributed by atoms with E-state index >= 15 is 0 Å². The zero-order chi connectivity index (χ0) is 20.1. The van der Waals surface area contributed by atoms with Crippen molar-refractivity contribution in [2.24, 2.45) is 0 Å². The molecule has 0 bridgehead atoms. The van der Waals surface area contributed by atoms with Crippen molar-refractivity contribution in [1.29, 1.82) is 0 Å². The van der Waals surface area contributed by atoms with Crippen LogP contribution >= 0.6 is 0 Å². The van der Waals surface area contributed by atoms with E-state index in [-0.39, 0.29) is 12.3 Å². The monoisotopic (exact) mass is 381 g/mol. The molecule has 28 heavy (non-hydrogen) atoms. The quantitative estimate of drug-likeness (QED) is 0.635. The Labute approximate surface area is 163 Å². The summed E-state index contributed by atoms with van der Waals surface area (Å²) >= 11 is 0. The first kappa shape index (κ1) is 19.5. The van der Waals surface area contributed by atoms with Crippen molar-refractivity contribution in [2.45, 2.75) is 26.3 Å². The standard InChI is InChI=1S/C22H23NO5/c1-14-18-9-8-17(27-3)12-20(18)28-22(25)19(14)10-11-21(24)23-13-15-4-6-16(26-2)7-5-15/h4-9,12H,10-11,13H2,1-3H3,(H,23,24). The SMILES string of the molecule is COc1ccc(CNC(=O)CCc2c(C)c3ccc(OC)cc3oc2=O)cc1. The van der Waals surface area contributed by atoms with E-state index in [1.165, 1.54) is 0 Å². The number of fused-ring (bicyclic) bond motifs is 1. The molecule has 1 N–H and O–H groups in total. The van der Waals surface area contributed by atoms with E-state index in [1.54, 1.807) is 20.3 Å². The molecule has 1 heterocycles. The minimum atomic E-state index is -0.416. The molecule has 6 heteroatoms. The summed E-state index contributed by atoms with van der Waals surface area (Å²) in [5.41, 5.74) is 2.40. The van der Waals surface area contributed by atoms with E-state index in [0.717, 1.165) is 22.3 Å². The van der Waals surface area contributed by atoms with Gasteiger partial charge in [0.05, 0.1) is 14.2 Å². The smallest absolute Gasteiger partial charge is 0.339 e. The Kier molecular flexibility index (Phi) is 5.99. The van der Waals surface area contributed by atoms with Crippen LogP contribution in [-0.2, 0) is 17.8 Å².